The standard InChI is InChI=1S/C18H21NO3/c1-21-13-7-6-12(18(10-13)22-2)11-19-16-9-8-15-14(16)4-3-5-17(15)20/h3-7,10,16,19-20H,8-9,11H2,1-2H3. The minimum absolute atomic E-state index is 0.272. The number of hydrogen-bond donors (Lipinski definition) is 2. The summed E-state index contributed by atoms with van der Waals surface area (Å²) in [5, 5.41) is 13.5. The summed E-state index contributed by atoms with van der Waals surface area (Å²) < 4.78 is 10.7. The van der Waals surface area contributed by atoms with Gasteiger partial charge in [-0.15, -0.1) is 0 Å². The van der Waals surface area contributed by atoms with Crippen LogP contribution in [0.4, 0.5) is 0 Å². The molecular weight excluding hydrogens is 278 g/mol. The molecule has 1 unspecified atom stereocenters. The maximum absolute atomic E-state index is 9.91. The molecule has 0 amide bonds. The van der Waals surface area contributed by atoms with E-state index in [1.165, 1.54) is 5.56 Å². The largest absolute Gasteiger partial charge is 0.508 e. The Kier molecular flexibility index (Phi) is 4.20. The van der Waals surface area contributed by atoms with Gasteiger partial charge in [0.2, 0.25) is 0 Å². The molecule has 3 rings (SSSR count). The lowest BCUT2D eigenvalue weighted by Crippen LogP contribution is -2.19. The Labute approximate surface area is 130 Å². The monoisotopic (exact) mass is 299 g/mol. The van der Waals surface area contributed by atoms with E-state index < -0.39 is 0 Å². The summed E-state index contributed by atoms with van der Waals surface area (Å²) >= 11 is 0. The predicted molar refractivity (Wildman–Crippen MR) is 85.6 cm³/mol. The molecule has 0 bridgehead atoms. The van der Waals surface area contributed by atoms with E-state index in [1.54, 1.807) is 20.3 Å². The number of benzene rings is 2. The van der Waals surface area contributed by atoms with Crippen LogP contribution in [-0.4, -0.2) is 19.3 Å². The highest BCUT2D eigenvalue weighted by Gasteiger charge is 2.24. The molecule has 0 spiro atoms. The first-order valence-electron chi connectivity index (χ1n) is 7.48. The zero-order chi connectivity index (χ0) is 15.5. The van der Waals surface area contributed by atoms with E-state index in [0.717, 1.165) is 35.5 Å². The second kappa shape index (κ2) is 6.28. The smallest absolute Gasteiger partial charge is 0.127 e. The quantitative estimate of drug-likeness (QED) is 0.890. The number of methoxy groups -OCH3 is 2. The van der Waals surface area contributed by atoms with Gasteiger partial charge in [0.05, 0.1) is 14.2 Å². The third-order valence-corrected chi connectivity index (χ3v) is 4.28. The highest BCUT2D eigenvalue weighted by molar-refractivity contribution is 5.45. The van der Waals surface area contributed by atoms with Gasteiger partial charge in [-0.1, -0.05) is 18.2 Å². The molecule has 22 heavy (non-hydrogen) atoms. The Balaban J connectivity index is 1.73. The summed E-state index contributed by atoms with van der Waals surface area (Å²) in [6.45, 7) is 0.715. The molecule has 0 aliphatic heterocycles. The first-order chi connectivity index (χ1) is 10.7. The normalized spacial score (nSPS) is 16.4. The van der Waals surface area contributed by atoms with Gasteiger partial charge in [0, 0.05) is 24.2 Å². The topological polar surface area (TPSA) is 50.7 Å². The average Bonchev–Trinajstić information content (AvgIpc) is 2.97. The predicted octanol–water partition coefficient (Wildman–Crippen LogP) is 3.19. The molecule has 0 heterocycles. The number of hydrogen-bond acceptors (Lipinski definition) is 4. The maximum Gasteiger partial charge on any atom is 0.127 e. The van der Waals surface area contributed by atoms with Crippen LogP contribution < -0.4 is 14.8 Å². The van der Waals surface area contributed by atoms with E-state index >= 15 is 0 Å². The van der Waals surface area contributed by atoms with Crippen LogP contribution in [0.2, 0.25) is 0 Å². The van der Waals surface area contributed by atoms with E-state index in [2.05, 4.69) is 11.4 Å². The molecule has 1 atom stereocenters. The lowest BCUT2D eigenvalue weighted by Gasteiger charge is -2.16. The molecule has 2 N–H and O–H groups in total. The van der Waals surface area contributed by atoms with Crippen LogP contribution in [0.1, 0.15) is 29.2 Å². The number of rotatable bonds is 5. The van der Waals surface area contributed by atoms with Crippen LogP contribution in [0.15, 0.2) is 36.4 Å². The fourth-order valence-corrected chi connectivity index (χ4v) is 3.08. The van der Waals surface area contributed by atoms with Gasteiger partial charge in [-0.3, -0.25) is 0 Å². The van der Waals surface area contributed by atoms with E-state index in [0.29, 0.717) is 12.3 Å². The molecular formula is C18H21NO3. The van der Waals surface area contributed by atoms with Crippen molar-refractivity contribution in [2.75, 3.05) is 14.2 Å². The molecule has 1 aliphatic carbocycles. The molecule has 0 saturated heterocycles. The third kappa shape index (κ3) is 2.74. The van der Waals surface area contributed by atoms with Gasteiger partial charge in [0.15, 0.2) is 0 Å². The number of aromatic hydroxyl groups is 1. The average molecular weight is 299 g/mol. The van der Waals surface area contributed by atoms with Crippen LogP contribution >= 0.6 is 0 Å². The summed E-state index contributed by atoms with van der Waals surface area (Å²) in [7, 11) is 3.32. The highest BCUT2D eigenvalue weighted by atomic mass is 16.5. The van der Waals surface area contributed by atoms with Crippen LogP contribution in [0, 0.1) is 0 Å². The van der Waals surface area contributed by atoms with Crippen LogP contribution in [0.3, 0.4) is 0 Å². The van der Waals surface area contributed by atoms with Gasteiger partial charge in [0.25, 0.3) is 0 Å². The molecule has 0 fully saturated rings. The van der Waals surface area contributed by atoms with Gasteiger partial charge in [0.1, 0.15) is 17.2 Å². The van der Waals surface area contributed by atoms with E-state index in [9.17, 15) is 5.11 Å². The molecule has 2 aromatic rings. The summed E-state index contributed by atoms with van der Waals surface area (Å²) in [4.78, 5) is 0. The van der Waals surface area contributed by atoms with E-state index in [1.807, 2.05) is 24.3 Å². The zero-order valence-electron chi connectivity index (χ0n) is 12.9. The van der Waals surface area contributed by atoms with Crippen molar-refractivity contribution >= 4 is 0 Å². The fourth-order valence-electron chi connectivity index (χ4n) is 3.08. The summed E-state index contributed by atoms with van der Waals surface area (Å²) in [6.07, 6.45) is 1.92. The molecule has 116 valence electrons. The van der Waals surface area contributed by atoms with Gasteiger partial charge in [-0.2, -0.15) is 0 Å². The molecule has 2 aromatic carbocycles. The van der Waals surface area contributed by atoms with Crippen LogP contribution in [0.5, 0.6) is 17.2 Å². The van der Waals surface area contributed by atoms with Gasteiger partial charge >= 0.3 is 0 Å². The first kappa shape index (κ1) is 14.7. The summed E-state index contributed by atoms with van der Waals surface area (Å²) in [5.74, 6) is 2.02. The Morgan fingerprint density at radius 3 is 2.82 bits per heavy atom. The second-order valence-corrected chi connectivity index (χ2v) is 5.49. The van der Waals surface area contributed by atoms with Crippen molar-refractivity contribution in [3.63, 3.8) is 0 Å². The lowest BCUT2D eigenvalue weighted by molar-refractivity contribution is 0.388. The van der Waals surface area contributed by atoms with Crippen LogP contribution in [0.25, 0.3) is 0 Å². The van der Waals surface area contributed by atoms with Gasteiger partial charge < -0.3 is 19.9 Å². The zero-order valence-corrected chi connectivity index (χ0v) is 12.9. The van der Waals surface area contributed by atoms with E-state index in [4.69, 9.17) is 9.47 Å². The van der Waals surface area contributed by atoms with Crippen molar-refractivity contribution < 1.29 is 14.6 Å². The molecule has 0 radical (unpaired) electrons. The second-order valence-electron chi connectivity index (χ2n) is 5.49. The van der Waals surface area contributed by atoms with Crippen molar-refractivity contribution in [2.45, 2.75) is 25.4 Å². The lowest BCUT2D eigenvalue weighted by atomic mass is 10.1. The molecule has 4 heteroatoms. The molecule has 0 aromatic heterocycles. The molecule has 1 aliphatic rings. The van der Waals surface area contributed by atoms with Crippen molar-refractivity contribution in [1.82, 2.24) is 5.32 Å². The number of ether oxygens (including phenoxy) is 2. The van der Waals surface area contributed by atoms with Crippen LogP contribution in [-0.2, 0) is 13.0 Å². The van der Waals surface area contributed by atoms with Crippen molar-refractivity contribution in [3.8, 4) is 17.2 Å². The molecule has 4 nitrogen and oxygen atoms in total. The first-order valence-corrected chi connectivity index (χ1v) is 7.48. The van der Waals surface area contributed by atoms with E-state index in [-0.39, 0.29) is 6.04 Å². The fraction of sp³-hybridized carbons (Fsp3) is 0.333. The van der Waals surface area contributed by atoms with Crippen molar-refractivity contribution in [3.05, 3.63) is 53.1 Å². The number of phenols is 1. The SMILES string of the molecule is COc1ccc(CNC2CCc3c(O)cccc32)c(OC)c1. The third-order valence-electron chi connectivity index (χ3n) is 4.28. The van der Waals surface area contributed by atoms with Crippen molar-refractivity contribution in [1.29, 1.82) is 0 Å². The Hall–Kier alpha value is -2.20. The minimum atomic E-state index is 0.272. The maximum atomic E-state index is 9.91. The number of fused-ring (bicyclic) bond motifs is 1. The number of phenolic OH excluding ortho intramolecular Hbond substituents is 1. The summed E-state index contributed by atoms with van der Waals surface area (Å²) in [5.41, 5.74) is 3.37. The Bertz CT molecular complexity index is 669. The number of nitrogens with one attached hydrogen (secondary N) is 1. The summed E-state index contributed by atoms with van der Waals surface area (Å²) in [6, 6.07) is 11.9. The highest BCUT2D eigenvalue weighted by Crippen LogP contribution is 2.36. The van der Waals surface area contributed by atoms with Gasteiger partial charge in [-0.25, -0.2) is 0 Å². The van der Waals surface area contributed by atoms with Gasteiger partial charge in [-0.05, 0) is 36.1 Å². The Morgan fingerprint density at radius 2 is 2.05 bits per heavy atom. The van der Waals surface area contributed by atoms with Crippen molar-refractivity contribution in [2.24, 2.45) is 0 Å². The Morgan fingerprint density at radius 1 is 1.18 bits per heavy atom. The molecule has 0 saturated carbocycles. The minimum Gasteiger partial charge on any atom is -0.508 e.